The third-order valence-electron chi connectivity index (χ3n) is 1.63. The van der Waals surface area contributed by atoms with Crippen LogP contribution in [0.2, 0.25) is 0 Å². The number of amides is 4. The minimum absolute atomic E-state index is 0.220. The van der Waals surface area contributed by atoms with Crippen molar-refractivity contribution in [3.63, 3.8) is 0 Å². The molecule has 0 spiro atoms. The van der Waals surface area contributed by atoms with E-state index in [0.717, 1.165) is 0 Å². The summed E-state index contributed by atoms with van der Waals surface area (Å²) in [6, 6.07) is -1.64. The Hall–Kier alpha value is -2.18. The highest BCUT2D eigenvalue weighted by atomic mass is 16.5. The third-order valence-corrected chi connectivity index (χ3v) is 1.63. The van der Waals surface area contributed by atoms with Gasteiger partial charge >= 0.3 is 12.1 Å². The number of nitrogens with one attached hydrogen (secondary N) is 2. The minimum Gasteiger partial charge on any atom is -0.473 e. The molecule has 0 aromatic heterocycles. The quantitative estimate of drug-likeness (QED) is 0.496. The van der Waals surface area contributed by atoms with Gasteiger partial charge in [0, 0.05) is 12.1 Å². The topological polar surface area (TPSA) is 119 Å². The predicted octanol–water partition coefficient (Wildman–Crippen LogP) is 0.144. The second-order valence-electron chi connectivity index (χ2n) is 3.39. The van der Waals surface area contributed by atoms with E-state index >= 15 is 0 Å². The van der Waals surface area contributed by atoms with Crippen LogP contribution in [0.1, 0.15) is 13.8 Å². The summed E-state index contributed by atoms with van der Waals surface area (Å²) in [5.41, 5.74) is 9.84. The molecule has 6 N–H and O–H groups in total. The first kappa shape index (κ1) is 14.8. The molecule has 4 amide bonds. The Balaban J connectivity index is 3.82. The summed E-state index contributed by atoms with van der Waals surface area (Å²) in [5.74, 6) is 0. The van der Waals surface area contributed by atoms with Gasteiger partial charge in [-0.3, -0.25) is 0 Å². The lowest BCUT2D eigenvalue weighted by atomic mass is 10.3. The van der Waals surface area contributed by atoms with Crippen LogP contribution in [-0.4, -0.2) is 24.1 Å². The lowest BCUT2D eigenvalue weighted by molar-refractivity contribution is 0.246. The Morgan fingerprint density at radius 3 is 1.65 bits per heavy atom. The number of urea groups is 2. The zero-order valence-electron chi connectivity index (χ0n) is 9.84. The number of rotatable bonds is 6. The molecule has 0 aliphatic rings. The highest BCUT2D eigenvalue weighted by molar-refractivity contribution is 5.72. The van der Waals surface area contributed by atoms with Crippen molar-refractivity contribution >= 4 is 12.1 Å². The smallest absolute Gasteiger partial charge is 0.312 e. The highest BCUT2D eigenvalue weighted by Gasteiger charge is 1.98. The number of ether oxygens (including phenoxy) is 1. The summed E-state index contributed by atoms with van der Waals surface area (Å²) in [6.45, 7) is 3.48. The molecule has 0 aliphatic carbocycles. The van der Waals surface area contributed by atoms with Gasteiger partial charge in [0.1, 0.15) is 0 Å². The van der Waals surface area contributed by atoms with Crippen LogP contribution in [0, 0.1) is 0 Å². The SMILES string of the molecule is CC(/C=C/O/C=C/C(C)NC(N)=O)NC(N)=O. The fourth-order valence-electron chi connectivity index (χ4n) is 0.917. The molecule has 7 nitrogen and oxygen atoms in total. The van der Waals surface area contributed by atoms with Crippen molar-refractivity contribution in [3.8, 4) is 0 Å². The molecule has 0 bridgehead atoms. The molecular weight excluding hydrogens is 224 g/mol. The number of primary amides is 2. The summed E-state index contributed by atoms with van der Waals surface area (Å²) in [5, 5.41) is 4.89. The maximum atomic E-state index is 10.5. The van der Waals surface area contributed by atoms with Crippen molar-refractivity contribution in [1.29, 1.82) is 0 Å². The first-order valence-electron chi connectivity index (χ1n) is 5.02. The molecule has 0 rings (SSSR count). The van der Waals surface area contributed by atoms with Gasteiger partial charge in [0.15, 0.2) is 0 Å². The number of hydrogen-bond acceptors (Lipinski definition) is 3. The fraction of sp³-hybridized carbons (Fsp3) is 0.400. The Labute approximate surface area is 99.9 Å². The number of carbonyl (C=O) groups excluding carboxylic acids is 2. The van der Waals surface area contributed by atoms with E-state index in [2.05, 4.69) is 10.6 Å². The molecule has 7 heteroatoms. The molecule has 96 valence electrons. The monoisotopic (exact) mass is 242 g/mol. The Morgan fingerprint density at radius 1 is 1.00 bits per heavy atom. The Kier molecular flexibility index (Phi) is 7.00. The third kappa shape index (κ3) is 10.1. The van der Waals surface area contributed by atoms with E-state index in [1.54, 1.807) is 26.0 Å². The van der Waals surface area contributed by atoms with Crippen LogP contribution < -0.4 is 22.1 Å². The first-order valence-corrected chi connectivity index (χ1v) is 5.02. The van der Waals surface area contributed by atoms with Crippen LogP contribution in [-0.2, 0) is 4.74 Å². The molecule has 17 heavy (non-hydrogen) atoms. The molecular formula is C10H18N4O3. The average molecular weight is 242 g/mol. The lowest BCUT2D eigenvalue weighted by Gasteiger charge is -2.06. The average Bonchev–Trinajstić information content (AvgIpc) is 2.14. The molecule has 0 aliphatic heterocycles. The van der Waals surface area contributed by atoms with Gasteiger partial charge in [0.05, 0.1) is 12.5 Å². The van der Waals surface area contributed by atoms with Gasteiger partial charge in [-0.25, -0.2) is 9.59 Å². The van der Waals surface area contributed by atoms with Gasteiger partial charge in [-0.2, -0.15) is 0 Å². The second kappa shape index (κ2) is 8.03. The van der Waals surface area contributed by atoms with Gasteiger partial charge in [0.2, 0.25) is 0 Å². The molecule has 0 fully saturated rings. The standard InChI is InChI=1S/C10H18N4O3/c1-7(13-9(11)15)3-5-17-6-4-8(2)14-10(12)16/h3-8H,1-2H3,(H3,11,13,15)(H3,12,14,16)/b5-3+,6-4+. The maximum Gasteiger partial charge on any atom is 0.312 e. The molecule has 0 aromatic carbocycles. The fourth-order valence-corrected chi connectivity index (χ4v) is 0.917. The van der Waals surface area contributed by atoms with E-state index in [1.165, 1.54) is 12.5 Å². The van der Waals surface area contributed by atoms with Crippen molar-refractivity contribution in [1.82, 2.24) is 10.6 Å². The van der Waals surface area contributed by atoms with E-state index in [9.17, 15) is 9.59 Å². The summed E-state index contributed by atoms with van der Waals surface area (Å²) >= 11 is 0. The van der Waals surface area contributed by atoms with Crippen LogP contribution in [0.15, 0.2) is 24.7 Å². The van der Waals surface area contributed by atoms with Gasteiger partial charge < -0.3 is 26.8 Å². The van der Waals surface area contributed by atoms with Crippen LogP contribution in [0.3, 0.4) is 0 Å². The number of nitrogens with two attached hydrogens (primary N) is 2. The van der Waals surface area contributed by atoms with Crippen molar-refractivity contribution in [3.05, 3.63) is 24.7 Å². The second-order valence-corrected chi connectivity index (χ2v) is 3.39. The zero-order valence-corrected chi connectivity index (χ0v) is 9.84. The van der Waals surface area contributed by atoms with Crippen LogP contribution in [0.25, 0.3) is 0 Å². The molecule has 0 aromatic rings. The van der Waals surface area contributed by atoms with E-state index in [0.29, 0.717) is 0 Å². The van der Waals surface area contributed by atoms with Crippen molar-refractivity contribution in [2.75, 3.05) is 0 Å². The van der Waals surface area contributed by atoms with Crippen molar-refractivity contribution < 1.29 is 14.3 Å². The molecule has 0 saturated heterocycles. The van der Waals surface area contributed by atoms with E-state index in [4.69, 9.17) is 16.2 Å². The normalized spacial score (nSPS) is 14.5. The largest absolute Gasteiger partial charge is 0.473 e. The molecule has 2 unspecified atom stereocenters. The summed E-state index contributed by atoms with van der Waals surface area (Å²) in [7, 11) is 0. The summed E-state index contributed by atoms with van der Waals surface area (Å²) in [4.78, 5) is 20.9. The van der Waals surface area contributed by atoms with Gasteiger partial charge in [-0.15, -0.1) is 0 Å². The van der Waals surface area contributed by atoms with E-state index in [1.807, 2.05) is 0 Å². The van der Waals surface area contributed by atoms with Gasteiger partial charge in [-0.1, -0.05) is 0 Å². The van der Waals surface area contributed by atoms with Crippen LogP contribution in [0.4, 0.5) is 9.59 Å². The van der Waals surface area contributed by atoms with E-state index in [-0.39, 0.29) is 12.1 Å². The van der Waals surface area contributed by atoms with Crippen molar-refractivity contribution in [2.24, 2.45) is 11.5 Å². The number of carbonyl (C=O) groups is 2. The Morgan fingerprint density at radius 2 is 1.35 bits per heavy atom. The molecule has 0 saturated carbocycles. The molecule has 2 atom stereocenters. The van der Waals surface area contributed by atoms with Gasteiger partial charge in [0.25, 0.3) is 0 Å². The summed E-state index contributed by atoms with van der Waals surface area (Å²) < 4.78 is 4.99. The predicted molar refractivity (Wildman–Crippen MR) is 63.7 cm³/mol. The summed E-state index contributed by atoms with van der Waals surface area (Å²) in [6.07, 6.45) is 6.02. The Bertz CT molecular complexity index is 285. The van der Waals surface area contributed by atoms with Crippen molar-refractivity contribution in [2.45, 2.75) is 25.9 Å². The van der Waals surface area contributed by atoms with Crippen LogP contribution >= 0.6 is 0 Å². The van der Waals surface area contributed by atoms with Gasteiger partial charge in [-0.05, 0) is 26.0 Å². The first-order chi connectivity index (χ1) is 7.91. The highest BCUT2D eigenvalue weighted by Crippen LogP contribution is 1.89. The lowest BCUT2D eigenvalue weighted by Crippen LogP contribution is -2.35. The minimum atomic E-state index is -0.600. The molecule has 0 heterocycles. The van der Waals surface area contributed by atoms with E-state index < -0.39 is 12.1 Å². The number of hydrogen-bond donors (Lipinski definition) is 4. The molecule has 0 radical (unpaired) electrons. The zero-order chi connectivity index (χ0) is 13.3. The maximum absolute atomic E-state index is 10.5. The van der Waals surface area contributed by atoms with Crippen LogP contribution in [0.5, 0.6) is 0 Å².